The van der Waals surface area contributed by atoms with Crippen molar-refractivity contribution in [2.75, 3.05) is 13.6 Å². The lowest BCUT2D eigenvalue weighted by Gasteiger charge is -2.20. The molecule has 2 heterocycles. The Hall–Kier alpha value is -1.14. The second-order valence-corrected chi connectivity index (χ2v) is 4.91. The number of carbonyl (C=O) groups excluding carboxylic acids is 1. The highest BCUT2D eigenvalue weighted by Gasteiger charge is 2.34. The molecule has 0 atom stereocenters. The molecular formula is C7H8N2O3S. The van der Waals surface area contributed by atoms with Gasteiger partial charge in [-0.25, -0.2) is 8.42 Å². The van der Waals surface area contributed by atoms with Gasteiger partial charge >= 0.3 is 0 Å². The van der Waals surface area contributed by atoms with E-state index in [1.165, 1.54) is 19.3 Å². The molecule has 70 valence electrons. The molecular weight excluding hydrogens is 192 g/mol. The summed E-state index contributed by atoms with van der Waals surface area (Å²) in [6, 6.07) is 1.40. The predicted octanol–water partition coefficient (Wildman–Crippen LogP) is -0.168. The number of nitrogens with zero attached hydrogens (tertiary/aromatic N) is 1. The molecule has 1 aromatic rings. The molecule has 0 spiro atoms. The van der Waals surface area contributed by atoms with Gasteiger partial charge in [-0.2, -0.15) is 4.31 Å². The third-order valence-electron chi connectivity index (χ3n) is 2.04. The average molecular weight is 200 g/mol. The van der Waals surface area contributed by atoms with E-state index in [-0.39, 0.29) is 22.9 Å². The summed E-state index contributed by atoms with van der Waals surface area (Å²) < 4.78 is 24.2. The number of hydrogen-bond donors (Lipinski definition) is 1. The second kappa shape index (κ2) is 2.43. The van der Waals surface area contributed by atoms with E-state index < -0.39 is 10.0 Å². The fourth-order valence-electron chi connectivity index (χ4n) is 1.32. The van der Waals surface area contributed by atoms with E-state index in [1.54, 1.807) is 0 Å². The molecule has 1 aliphatic heterocycles. The molecule has 0 amide bonds. The van der Waals surface area contributed by atoms with Crippen LogP contribution in [0.5, 0.6) is 0 Å². The van der Waals surface area contributed by atoms with Crippen LogP contribution in [0.4, 0.5) is 0 Å². The maximum Gasteiger partial charge on any atom is 0.245 e. The molecule has 1 aliphatic rings. The monoisotopic (exact) mass is 200 g/mol. The van der Waals surface area contributed by atoms with E-state index in [0.29, 0.717) is 0 Å². The molecule has 0 saturated heterocycles. The molecule has 0 saturated carbocycles. The summed E-state index contributed by atoms with van der Waals surface area (Å²) in [5.41, 5.74) is 0.193. The standard InChI is InChI=1S/C7H8N2O3S/c1-9-4-5(10)7-6(2-3-8-7)13(9,11)12/h2-3,8H,4H2,1H3. The van der Waals surface area contributed by atoms with Crippen LogP contribution in [0.2, 0.25) is 0 Å². The average Bonchev–Trinajstić information content (AvgIpc) is 2.49. The quantitative estimate of drug-likeness (QED) is 0.632. The SMILES string of the molecule is CN1CC(=O)c2[nH]ccc2S1(=O)=O. The van der Waals surface area contributed by atoms with Crippen LogP contribution < -0.4 is 0 Å². The summed E-state index contributed by atoms with van der Waals surface area (Å²) in [7, 11) is -2.04. The fourth-order valence-corrected chi connectivity index (χ4v) is 2.62. The number of ketones is 1. The Labute approximate surface area is 75.4 Å². The lowest BCUT2D eigenvalue weighted by Crippen LogP contribution is -2.37. The van der Waals surface area contributed by atoms with Crippen molar-refractivity contribution in [3.05, 3.63) is 18.0 Å². The minimum absolute atomic E-state index is 0.0752. The zero-order chi connectivity index (χ0) is 9.64. The van der Waals surface area contributed by atoms with Crippen molar-refractivity contribution in [1.82, 2.24) is 9.29 Å². The number of fused-ring (bicyclic) bond motifs is 1. The smallest absolute Gasteiger partial charge is 0.245 e. The van der Waals surface area contributed by atoms with E-state index in [0.717, 1.165) is 4.31 Å². The van der Waals surface area contributed by atoms with E-state index >= 15 is 0 Å². The Kier molecular flexibility index (Phi) is 1.58. The molecule has 2 rings (SSSR count). The third kappa shape index (κ3) is 1.02. The Morgan fingerprint density at radius 3 is 2.92 bits per heavy atom. The van der Waals surface area contributed by atoms with Crippen LogP contribution in [-0.2, 0) is 10.0 Å². The van der Waals surface area contributed by atoms with Gasteiger partial charge in [-0.1, -0.05) is 0 Å². The lowest BCUT2D eigenvalue weighted by atomic mass is 10.3. The molecule has 0 aromatic carbocycles. The number of carbonyl (C=O) groups is 1. The van der Waals surface area contributed by atoms with Crippen molar-refractivity contribution in [2.24, 2.45) is 0 Å². The van der Waals surface area contributed by atoms with Gasteiger partial charge in [-0.3, -0.25) is 4.79 Å². The zero-order valence-corrected chi connectivity index (χ0v) is 7.76. The van der Waals surface area contributed by atoms with Crippen molar-refractivity contribution in [3.8, 4) is 0 Å². The highest BCUT2D eigenvalue weighted by molar-refractivity contribution is 7.89. The number of aromatic nitrogens is 1. The van der Waals surface area contributed by atoms with E-state index in [9.17, 15) is 13.2 Å². The molecule has 0 unspecified atom stereocenters. The van der Waals surface area contributed by atoms with Gasteiger partial charge in [0.15, 0.2) is 5.78 Å². The van der Waals surface area contributed by atoms with Gasteiger partial charge in [0.2, 0.25) is 10.0 Å². The molecule has 0 fully saturated rings. The van der Waals surface area contributed by atoms with Crippen LogP contribution in [0.15, 0.2) is 17.2 Å². The summed E-state index contributed by atoms with van der Waals surface area (Å²) >= 11 is 0. The number of aromatic amines is 1. The van der Waals surface area contributed by atoms with Crippen molar-refractivity contribution < 1.29 is 13.2 Å². The van der Waals surface area contributed by atoms with Crippen LogP contribution in [-0.4, -0.2) is 37.1 Å². The highest BCUT2D eigenvalue weighted by atomic mass is 32.2. The Bertz CT molecular complexity index is 460. The van der Waals surface area contributed by atoms with Crippen LogP contribution in [0, 0.1) is 0 Å². The van der Waals surface area contributed by atoms with Crippen LogP contribution >= 0.6 is 0 Å². The minimum atomic E-state index is -3.43. The Balaban J connectivity index is 2.73. The van der Waals surface area contributed by atoms with Crippen molar-refractivity contribution in [3.63, 3.8) is 0 Å². The fraction of sp³-hybridized carbons (Fsp3) is 0.286. The number of nitrogens with one attached hydrogen (secondary N) is 1. The molecule has 6 heteroatoms. The minimum Gasteiger partial charge on any atom is -0.358 e. The highest BCUT2D eigenvalue weighted by Crippen LogP contribution is 2.23. The van der Waals surface area contributed by atoms with Crippen molar-refractivity contribution in [2.45, 2.75) is 4.90 Å². The van der Waals surface area contributed by atoms with Crippen LogP contribution in [0.3, 0.4) is 0 Å². The summed E-state index contributed by atoms with van der Waals surface area (Å²) in [6.07, 6.45) is 1.46. The predicted molar refractivity (Wildman–Crippen MR) is 44.9 cm³/mol. The van der Waals surface area contributed by atoms with Gasteiger partial charge in [-0.15, -0.1) is 0 Å². The van der Waals surface area contributed by atoms with Gasteiger partial charge in [0.05, 0.1) is 6.54 Å². The van der Waals surface area contributed by atoms with Gasteiger partial charge in [0.25, 0.3) is 0 Å². The summed E-state index contributed by atoms with van der Waals surface area (Å²) in [5.74, 6) is -0.197. The number of likely N-dealkylation sites (N-methyl/N-ethyl adjacent to an activating group) is 1. The number of sulfonamides is 1. The first-order valence-corrected chi connectivity index (χ1v) is 5.14. The maximum absolute atomic E-state index is 11.6. The van der Waals surface area contributed by atoms with E-state index in [2.05, 4.69) is 4.98 Å². The number of Topliss-reactive ketones (excluding diaryl/α,β-unsaturated/α-hetero) is 1. The van der Waals surface area contributed by atoms with Gasteiger partial charge in [0, 0.05) is 13.2 Å². The molecule has 0 radical (unpaired) electrons. The van der Waals surface area contributed by atoms with Crippen LogP contribution in [0.1, 0.15) is 10.5 Å². The summed E-state index contributed by atoms with van der Waals surface area (Å²) in [4.78, 5) is 14.0. The summed E-state index contributed by atoms with van der Waals surface area (Å²) in [6.45, 7) is -0.0875. The molecule has 0 bridgehead atoms. The summed E-state index contributed by atoms with van der Waals surface area (Å²) in [5, 5.41) is 0. The van der Waals surface area contributed by atoms with Crippen molar-refractivity contribution in [1.29, 1.82) is 0 Å². The van der Waals surface area contributed by atoms with Gasteiger partial charge < -0.3 is 4.98 Å². The van der Waals surface area contributed by atoms with Gasteiger partial charge in [-0.05, 0) is 6.07 Å². The molecule has 1 N–H and O–H groups in total. The topological polar surface area (TPSA) is 70.2 Å². The maximum atomic E-state index is 11.6. The van der Waals surface area contributed by atoms with Gasteiger partial charge in [0.1, 0.15) is 10.6 Å². The number of H-pyrrole nitrogens is 1. The second-order valence-electron chi connectivity index (χ2n) is 2.90. The Morgan fingerprint density at radius 2 is 2.23 bits per heavy atom. The van der Waals surface area contributed by atoms with E-state index in [1.807, 2.05) is 0 Å². The normalized spacial score (nSPS) is 21.5. The lowest BCUT2D eigenvalue weighted by molar-refractivity contribution is 0.0959. The molecule has 1 aromatic heterocycles. The van der Waals surface area contributed by atoms with E-state index in [4.69, 9.17) is 0 Å². The third-order valence-corrected chi connectivity index (χ3v) is 3.89. The Morgan fingerprint density at radius 1 is 1.54 bits per heavy atom. The zero-order valence-electron chi connectivity index (χ0n) is 6.94. The molecule has 13 heavy (non-hydrogen) atoms. The first kappa shape index (κ1) is 8.46. The molecule has 0 aliphatic carbocycles. The number of rotatable bonds is 0. The van der Waals surface area contributed by atoms with Crippen molar-refractivity contribution >= 4 is 15.8 Å². The first-order chi connectivity index (χ1) is 6.03. The van der Waals surface area contributed by atoms with Crippen LogP contribution in [0.25, 0.3) is 0 Å². The largest absolute Gasteiger partial charge is 0.358 e. The first-order valence-electron chi connectivity index (χ1n) is 3.70. The number of hydrogen-bond acceptors (Lipinski definition) is 3. The molecule has 5 nitrogen and oxygen atoms in total.